The van der Waals surface area contributed by atoms with Crippen molar-refractivity contribution in [3.8, 4) is 11.5 Å². The molecule has 1 N–H and O–H groups in total. The molecule has 1 aromatic heterocycles. The van der Waals surface area contributed by atoms with Crippen LogP contribution in [0.25, 0.3) is 11.0 Å². The molecule has 5 nitrogen and oxygen atoms in total. The highest BCUT2D eigenvalue weighted by Gasteiger charge is 2.08. The Morgan fingerprint density at radius 1 is 1.05 bits per heavy atom. The molecular formula is C16H16N2O3. The second-order valence-electron chi connectivity index (χ2n) is 4.75. The van der Waals surface area contributed by atoms with Gasteiger partial charge in [0, 0.05) is 6.07 Å². The average Bonchev–Trinajstić information content (AvgIpc) is 2.82. The minimum Gasteiger partial charge on any atom is -0.497 e. The zero-order valence-corrected chi connectivity index (χ0v) is 11.9. The van der Waals surface area contributed by atoms with Crippen LogP contribution in [-0.2, 0) is 6.54 Å². The van der Waals surface area contributed by atoms with Gasteiger partial charge in [0.1, 0.15) is 11.5 Å². The lowest BCUT2D eigenvalue weighted by molar-refractivity contribution is 0.414. The van der Waals surface area contributed by atoms with Crippen molar-refractivity contribution in [1.82, 2.24) is 9.55 Å². The number of aromatic amines is 1. The second-order valence-corrected chi connectivity index (χ2v) is 4.75. The van der Waals surface area contributed by atoms with E-state index in [0.717, 1.165) is 28.1 Å². The normalized spacial score (nSPS) is 10.8. The first-order chi connectivity index (χ1) is 10.2. The van der Waals surface area contributed by atoms with E-state index in [1.165, 1.54) is 0 Å². The van der Waals surface area contributed by atoms with Crippen molar-refractivity contribution in [3.05, 3.63) is 58.5 Å². The summed E-state index contributed by atoms with van der Waals surface area (Å²) in [4.78, 5) is 15.0. The van der Waals surface area contributed by atoms with Crippen LogP contribution in [-0.4, -0.2) is 23.8 Å². The van der Waals surface area contributed by atoms with Crippen molar-refractivity contribution in [3.63, 3.8) is 0 Å². The summed E-state index contributed by atoms with van der Waals surface area (Å²) in [6.07, 6.45) is 0. The molecule has 0 saturated carbocycles. The molecular weight excluding hydrogens is 268 g/mol. The fourth-order valence-electron chi connectivity index (χ4n) is 2.38. The molecule has 0 saturated heterocycles. The van der Waals surface area contributed by atoms with Crippen molar-refractivity contribution in [2.45, 2.75) is 6.54 Å². The highest BCUT2D eigenvalue weighted by Crippen LogP contribution is 2.19. The zero-order valence-electron chi connectivity index (χ0n) is 11.9. The second kappa shape index (κ2) is 5.36. The molecule has 2 aromatic carbocycles. The molecule has 0 atom stereocenters. The monoisotopic (exact) mass is 284 g/mol. The summed E-state index contributed by atoms with van der Waals surface area (Å²) in [6, 6.07) is 13.2. The van der Waals surface area contributed by atoms with E-state index in [0.29, 0.717) is 6.54 Å². The van der Waals surface area contributed by atoms with E-state index in [1.54, 1.807) is 18.8 Å². The summed E-state index contributed by atoms with van der Waals surface area (Å²) in [5, 5.41) is 0. The summed E-state index contributed by atoms with van der Waals surface area (Å²) < 4.78 is 12.1. The molecule has 0 radical (unpaired) electrons. The summed E-state index contributed by atoms with van der Waals surface area (Å²) in [5.41, 5.74) is 2.49. The topological polar surface area (TPSA) is 56.2 Å². The van der Waals surface area contributed by atoms with Gasteiger partial charge in [-0.25, -0.2) is 4.79 Å². The molecule has 21 heavy (non-hydrogen) atoms. The van der Waals surface area contributed by atoms with Gasteiger partial charge in [-0.2, -0.15) is 0 Å². The molecule has 108 valence electrons. The third kappa shape index (κ3) is 2.50. The first-order valence-electron chi connectivity index (χ1n) is 6.61. The molecule has 0 spiro atoms. The first kappa shape index (κ1) is 13.3. The largest absolute Gasteiger partial charge is 0.497 e. The van der Waals surface area contributed by atoms with Crippen LogP contribution < -0.4 is 15.2 Å². The van der Waals surface area contributed by atoms with Gasteiger partial charge in [0.2, 0.25) is 0 Å². The molecule has 0 aliphatic rings. The fraction of sp³-hybridized carbons (Fsp3) is 0.188. The number of nitrogens with zero attached hydrogens (tertiary/aromatic N) is 1. The molecule has 0 bridgehead atoms. The number of nitrogens with one attached hydrogen (secondary N) is 1. The molecule has 0 unspecified atom stereocenters. The Hall–Kier alpha value is -2.69. The predicted octanol–water partition coefficient (Wildman–Crippen LogP) is 2.40. The number of methoxy groups -OCH3 is 2. The first-order valence-corrected chi connectivity index (χ1v) is 6.61. The van der Waals surface area contributed by atoms with Crippen molar-refractivity contribution in [2.24, 2.45) is 0 Å². The predicted molar refractivity (Wildman–Crippen MR) is 81.2 cm³/mol. The molecule has 3 rings (SSSR count). The lowest BCUT2D eigenvalue weighted by Crippen LogP contribution is -2.17. The molecule has 5 heteroatoms. The highest BCUT2D eigenvalue weighted by atomic mass is 16.5. The van der Waals surface area contributed by atoms with Crippen LogP contribution in [0.4, 0.5) is 0 Å². The number of ether oxygens (including phenoxy) is 2. The Balaban J connectivity index is 2.03. The number of hydrogen-bond donors (Lipinski definition) is 1. The van der Waals surface area contributed by atoms with E-state index in [-0.39, 0.29) is 5.69 Å². The molecule has 0 fully saturated rings. The quantitative estimate of drug-likeness (QED) is 0.800. The van der Waals surface area contributed by atoms with Gasteiger partial charge in [0.25, 0.3) is 0 Å². The third-order valence-electron chi connectivity index (χ3n) is 3.46. The number of aromatic nitrogens is 2. The number of imidazole rings is 1. The molecule has 0 aliphatic carbocycles. The van der Waals surface area contributed by atoms with Crippen LogP contribution in [0.2, 0.25) is 0 Å². The Morgan fingerprint density at radius 3 is 2.57 bits per heavy atom. The van der Waals surface area contributed by atoms with Crippen LogP contribution in [0, 0.1) is 0 Å². The third-order valence-corrected chi connectivity index (χ3v) is 3.46. The number of benzene rings is 2. The summed E-state index contributed by atoms with van der Waals surface area (Å²) >= 11 is 0. The van der Waals surface area contributed by atoms with Crippen LogP contribution in [0.15, 0.2) is 47.3 Å². The lowest BCUT2D eigenvalue weighted by Gasteiger charge is -2.06. The van der Waals surface area contributed by atoms with E-state index >= 15 is 0 Å². The Labute approximate surface area is 121 Å². The maximum absolute atomic E-state index is 12.1. The van der Waals surface area contributed by atoms with Gasteiger partial charge < -0.3 is 14.5 Å². The van der Waals surface area contributed by atoms with Crippen molar-refractivity contribution in [1.29, 1.82) is 0 Å². The minimum atomic E-state index is -0.138. The maximum Gasteiger partial charge on any atom is 0.326 e. The van der Waals surface area contributed by atoms with Crippen LogP contribution in [0.3, 0.4) is 0 Å². The maximum atomic E-state index is 12.1. The van der Waals surface area contributed by atoms with Crippen molar-refractivity contribution in [2.75, 3.05) is 14.2 Å². The fourth-order valence-corrected chi connectivity index (χ4v) is 2.38. The van der Waals surface area contributed by atoms with Crippen LogP contribution in [0.5, 0.6) is 11.5 Å². The molecule has 1 heterocycles. The highest BCUT2D eigenvalue weighted by molar-refractivity contribution is 5.77. The standard InChI is InChI=1S/C16H16N2O3/c1-20-12-5-3-4-11(8-12)10-18-15-7-6-13(21-2)9-14(15)17-16(18)19/h3-9H,10H2,1-2H3,(H,17,19). The summed E-state index contributed by atoms with van der Waals surface area (Å²) in [5.74, 6) is 1.50. The van der Waals surface area contributed by atoms with Crippen molar-refractivity contribution < 1.29 is 9.47 Å². The number of rotatable bonds is 4. The Morgan fingerprint density at radius 2 is 1.81 bits per heavy atom. The van der Waals surface area contributed by atoms with E-state index in [2.05, 4.69) is 4.98 Å². The molecule has 0 aliphatic heterocycles. The van der Waals surface area contributed by atoms with E-state index in [9.17, 15) is 4.79 Å². The SMILES string of the molecule is COc1cccc(Cn2c(=O)[nH]c3cc(OC)ccc32)c1. The molecule has 3 aromatic rings. The Bertz CT molecular complexity index is 833. The van der Waals surface area contributed by atoms with Crippen LogP contribution >= 0.6 is 0 Å². The van der Waals surface area contributed by atoms with E-state index in [1.807, 2.05) is 42.5 Å². The van der Waals surface area contributed by atoms with Gasteiger partial charge >= 0.3 is 5.69 Å². The molecule has 0 amide bonds. The summed E-state index contributed by atoms with van der Waals surface area (Å²) in [7, 11) is 3.23. The average molecular weight is 284 g/mol. The number of hydrogen-bond acceptors (Lipinski definition) is 3. The van der Waals surface area contributed by atoms with Gasteiger partial charge in [0.15, 0.2) is 0 Å². The van der Waals surface area contributed by atoms with Gasteiger partial charge in [-0.1, -0.05) is 12.1 Å². The van der Waals surface area contributed by atoms with E-state index in [4.69, 9.17) is 9.47 Å². The number of H-pyrrole nitrogens is 1. The van der Waals surface area contributed by atoms with Gasteiger partial charge in [-0.05, 0) is 29.8 Å². The van der Waals surface area contributed by atoms with Crippen LogP contribution in [0.1, 0.15) is 5.56 Å². The summed E-state index contributed by atoms with van der Waals surface area (Å²) in [6.45, 7) is 0.488. The van der Waals surface area contributed by atoms with Crippen molar-refractivity contribution >= 4 is 11.0 Å². The lowest BCUT2D eigenvalue weighted by atomic mass is 10.2. The number of fused-ring (bicyclic) bond motifs is 1. The smallest absolute Gasteiger partial charge is 0.326 e. The minimum absolute atomic E-state index is 0.138. The van der Waals surface area contributed by atoms with Gasteiger partial charge in [-0.3, -0.25) is 4.57 Å². The van der Waals surface area contributed by atoms with Gasteiger partial charge in [0.05, 0.1) is 31.8 Å². The zero-order chi connectivity index (χ0) is 14.8. The Kier molecular flexibility index (Phi) is 3.39. The van der Waals surface area contributed by atoms with Gasteiger partial charge in [-0.15, -0.1) is 0 Å². The van der Waals surface area contributed by atoms with E-state index < -0.39 is 0 Å².